The summed E-state index contributed by atoms with van der Waals surface area (Å²) in [7, 11) is 0. The van der Waals surface area contributed by atoms with Crippen LogP contribution < -0.4 is 10.6 Å². The van der Waals surface area contributed by atoms with Gasteiger partial charge in [0, 0.05) is 24.0 Å². The SMILES string of the molecule is O=C(Cc1ccccc1Cl)NCCNC(=O)C1CC1. The highest BCUT2D eigenvalue weighted by molar-refractivity contribution is 6.31. The topological polar surface area (TPSA) is 58.2 Å². The maximum Gasteiger partial charge on any atom is 0.224 e. The van der Waals surface area contributed by atoms with Crippen LogP contribution in [-0.4, -0.2) is 24.9 Å². The van der Waals surface area contributed by atoms with Crippen molar-refractivity contribution in [1.82, 2.24) is 10.6 Å². The second-order valence-corrected chi connectivity index (χ2v) is 5.09. The van der Waals surface area contributed by atoms with E-state index in [0.29, 0.717) is 18.1 Å². The molecule has 1 fully saturated rings. The van der Waals surface area contributed by atoms with Crippen molar-refractivity contribution in [1.29, 1.82) is 0 Å². The van der Waals surface area contributed by atoms with Crippen molar-refractivity contribution in [3.05, 3.63) is 34.9 Å². The largest absolute Gasteiger partial charge is 0.354 e. The summed E-state index contributed by atoms with van der Waals surface area (Å²) in [4.78, 5) is 23.0. The number of hydrogen-bond donors (Lipinski definition) is 2. The molecule has 0 unspecified atom stereocenters. The van der Waals surface area contributed by atoms with E-state index in [4.69, 9.17) is 11.6 Å². The zero-order valence-corrected chi connectivity index (χ0v) is 11.4. The molecule has 4 nitrogen and oxygen atoms in total. The Morgan fingerprint density at radius 2 is 1.84 bits per heavy atom. The highest BCUT2D eigenvalue weighted by Gasteiger charge is 2.28. The molecule has 2 N–H and O–H groups in total. The Bertz CT molecular complexity index is 472. The molecule has 1 aromatic carbocycles. The molecular formula is C14H17ClN2O2. The van der Waals surface area contributed by atoms with E-state index < -0.39 is 0 Å². The van der Waals surface area contributed by atoms with Crippen LogP contribution in [0, 0.1) is 5.92 Å². The zero-order chi connectivity index (χ0) is 13.7. The first-order chi connectivity index (χ1) is 9.16. The molecule has 0 aromatic heterocycles. The third-order valence-electron chi connectivity index (χ3n) is 3.00. The molecular weight excluding hydrogens is 264 g/mol. The van der Waals surface area contributed by atoms with Gasteiger partial charge in [-0.2, -0.15) is 0 Å². The lowest BCUT2D eigenvalue weighted by molar-refractivity contribution is -0.123. The Hall–Kier alpha value is -1.55. The van der Waals surface area contributed by atoms with E-state index in [1.165, 1.54) is 0 Å². The van der Waals surface area contributed by atoms with Gasteiger partial charge in [0.2, 0.25) is 11.8 Å². The van der Waals surface area contributed by atoms with Crippen LogP contribution in [0.1, 0.15) is 18.4 Å². The van der Waals surface area contributed by atoms with E-state index in [9.17, 15) is 9.59 Å². The van der Waals surface area contributed by atoms with E-state index in [-0.39, 0.29) is 24.2 Å². The molecule has 102 valence electrons. The van der Waals surface area contributed by atoms with E-state index >= 15 is 0 Å². The second kappa shape index (κ2) is 6.57. The van der Waals surface area contributed by atoms with Gasteiger partial charge in [-0.05, 0) is 24.5 Å². The van der Waals surface area contributed by atoms with Crippen molar-refractivity contribution < 1.29 is 9.59 Å². The Morgan fingerprint density at radius 1 is 1.16 bits per heavy atom. The molecule has 0 saturated heterocycles. The summed E-state index contributed by atoms with van der Waals surface area (Å²) < 4.78 is 0. The van der Waals surface area contributed by atoms with Crippen molar-refractivity contribution in [2.24, 2.45) is 5.92 Å². The minimum absolute atomic E-state index is 0.0891. The van der Waals surface area contributed by atoms with Crippen LogP contribution in [0.4, 0.5) is 0 Å². The maximum atomic E-state index is 11.7. The van der Waals surface area contributed by atoms with Crippen molar-refractivity contribution >= 4 is 23.4 Å². The lowest BCUT2D eigenvalue weighted by atomic mass is 10.1. The fourth-order valence-electron chi connectivity index (χ4n) is 1.75. The number of amides is 2. The lowest BCUT2D eigenvalue weighted by Gasteiger charge is -2.07. The van der Waals surface area contributed by atoms with Gasteiger partial charge in [-0.25, -0.2) is 0 Å². The number of benzene rings is 1. The first kappa shape index (κ1) is 13.9. The maximum absolute atomic E-state index is 11.7. The van der Waals surface area contributed by atoms with Crippen LogP contribution in [0.3, 0.4) is 0 Å². The van der Waals surface area contributed by atoms with Crippen molar-refractivity contribution in [3.8, 4) is 0 Å². The lowest BCUT2D eigenvalue weighted by Crippen LogP contribution is -2.35. The number of carbonyl (C=O) groups excluding carboxylic acids is 2. The number of nitrogens with one attached hydrogen (secondary N) is 2. The minimum atomic E-state index is -0.0891. The Labute approximate surface area is 117 Å². The fourth-order valence-corrected chi connectivity index (χ4v) is 1.96. The van der Waals surface area contributed by atoms with E-state index in [1.54, 1.807) is 6.07 Å². The third-order valence-corrected chi connectivity index (χ3v) is 3.37. The predicted octanol–water partition coefficient (Wildman–Crippen LogP) is 1.52. The monoisotopic (exact) mass is 280 g/mol. The van der Waals surface area contributed by atoms with Gasteiger partial charge in [-0.15, -0.1) is 0 Å². The molecule has 1 aromatic rings. The minimum Gasteiger partial charge on any atom is -0.354 e. The van der Waals surface area contributed by atoms with Gasteiger partial charge in [0.15, 0.2) is 0 Å². The van der Waals surface area contributed by atoms with Crippen LogP contribution >= 0.6 is 11.6 Å². The summed E-state index contributed by atoms with van der Waals surface area (Å²) in [5.74, 6) is 0.216. The van der Waals surface area contributed by atoms with Crippen LogP contribution in [0.2, 0.25) is 5.02 Å². The molecule has 0 atom stereocenters. The Kier molecular flexibility index (Phi) is 4.80. The van der Waals surface area contributed by atoms with Gasteiger partial charge in [-0.3, -0.25) is 9.59 Å². The molecule has 19 heavy (non-hydrogen) atoms. The van der Waals surface area contributed by atoms with Crippen molar-refractivity contribution in [3.63, 3.8) is 0 Å². The molecule has 0 aliphatic heterocycles. The van der Waals surface area contributed by atoms with Gasteiger partial charge in [0.25, 0.3) is 0 Å². The van der Waals surface area contributed by atoms with E-state index in [2.05, 4.69) is 10.6 Å². The van der Waals surface area contributed by atoms with Gasteiger partial charge in [0.1, 0.15) is 0 Å². The number of hydrogen-bond acceptors (Lipinski definition) is 2. The van der Waals surface area contributed by atoms with Gasteiger partial charge >= 0.3 is 0 Å². The summed E-state index contributed by atoms with van der Waals surface area (Å²) >= 11 is 5.98. The fraction of sp³-hybridized carbons (Fsp3) is 0.429. The Morgan fingerprint density at radius 3 is 2.53 bits per heavy atom. The number of rotatable bonds is 6. The Balaban J connectivity index is 1.64. The molecule has 0 spiro atoms. The smallest absolute Gasteiger partial charge is 0.224 e. The highest BCUT2D eigenvalue weighted by Crippen LogP contribution is 2.28. The van der Waals surface area contributed by atoms with Crippen molar-refractivity contribution in [2.75, 3.05) is 13.1 Å². The quantitative estimate of drug-likeness (QED) is 0.777. The normalized spacial score (nSPS) is 13.9. The summed E-state index contributed by atoms with van der Waals surface area (Å²) in [5.41, 5.74) is 0.809. The molecule has 1 saturated carbocycles. The predicted molar refractivity (Wildman–Crippen MR) is 73.9 cm³/mol. The van der Waals surface area contributed by atoms with Gasteiger partial charge < -0.3 is 10.6 Å². The first-order valence-corrected chi connectivity index (χ1v) is 6.82. The zero-order valence-electron chi connectivity index (χ0n) is 10.6. The summed E-state index contributed by atoms with van der Waals surface area (Å²) in [5, 5.41) is 6.15. The summed E-state index contributed by atoms with van der Waals surface area (Å²) in [6.45, 7) is 0.922. The van der Waals surface area contributed by atoms with Crippen LogP contribution in [0.5, 0.6) is 0 Å². The molecule has 1 aliphatic carbocycles. The third kappa shape index (κ3) is 4.56. The highest BCUT2D eigenvalue weighted by atomic mass is 35.5. The van der Waals surface area contributed by atoms with Gasteiger partial charge in [0.05, 0.1) is 6.42 Å². The standard InChI is InChI=1S/C14H17ClN2O2/c15-12-4-2-1-3-11(12)9-13(18)16-7-8-17-14(19)10-5-6-10/h1-4,10H,5-9H2,(H,16,18)(H,17,19). The van der Waals surface area contributed by atoms with Crippen LogP contribution in [0.15, 0.2) is 24.3 Å². The average Bonchev–Trinajstić information content (AvgIpc) is 3.21. The summed E-state index contributed by atoms with van der Waals surface area (Å²) in [6, 6.07) is 7.28. The van der Waals surface area contributed by atoms with E-state index in [1.807, 2.05) is 18.2 Å². The van der Waals surface area contributed by atoms with Gasteiger partial charge in [-0.1, -0.05) is 29.8 Å². The molecule has 2 amide bonds. The first-order valence-electron chi connectivity index (χ1n) is 6.44. The second-order valence-electron chi connectivity index (χ2n) is 4.68. The average molecular weight is 281 g/mol. The molecule has 1 aliphatic rings. The number of halogens is 1. The molecule has 2 rings (SSSR count). The molecule has 0 bridgehead atoms. The molecule has 0 radical (unpaired) electrons. The molecule has 0 heterocycles. The number of carbonyl (C=O) groups is 2. The van der Waals surface area contributed by atoms with Crippen molar-refractivity contribution in [2.45, 2.75) is 19.3 Å². The van der Waals surface area contributed by atoms with E-state index in [0.717, 1.165) is 18.4 Å². The molecule has 5 heteroatoms. The van der Waals surface area contributed by atoms with Crippen LogP contribution in [0.25, 0.3) is 0 Å². The van der Waals surface area contributed by atoms with Crippen LogP contribution in [-0.2, 0) is 16.0 Å². The summed E-state index contributed by atoms with van der Waals surface area (Å²) in [6.07, 6.45) is 2.24.